The highest BCUT2D eigenvalue weighted by atomic mass is 19.1. The minimum absolute atomic E-state index is 0.255. The van der Waals surface area contributed by atoms with Crippen molar-refractivity contribution in [2.45, 2.75) is 37.8 Å². The summed E-state index contributed by atoms with van der Waals surface area (Å²) in [4.78, 5) is 2.08. The fraction of sp³-hybridized carbons (Fsp3) is 0.529. The Kier molecular flexibility index (Phi) is 5.35. The van der Waals surface area contributed by atoms with Crippen LogP contribution in [0.3, 0.4) is 0 Å². The Morgan fingerprint density at radius 1 is 1.38 bits per heavy atom. The van der Waals surface area contributed by atoms with Crippen LogP contribution < -0.4 is 5.73 Å². The molecule has 0 bridgehead atoms. The van der Waals surface area contributed by atoms with Gasteiger partial charge in [0.1, 0.15) is 5.82 Å². The lowest BCUT2D eigenvalue weighted by atomic mass is 10.0. The number of likely N-dealkylation sites (N-methyl/N-ethyl adjacent to an activating group) is 1. The predicted octanol–water partition coefficient (Wildman–Crippen LogP) is 1.87. The van der Waals surface area contributed by atoms with Crippen LogP contribution in [-0.2, 0) is 6.54 Å². The number of nitrogens with two attached hydrogens (primary N) is 1. The van der Waals surface area contributed by atoms with Crippen molar-refractivity contribution < 1.29 is 9.50 Å². The van der Waals surface area contributed by atoms with Gasteiger partial charge in [0, 0.05) is 18.7 Å². The van der Waals surface area contributed by atoms with Crippen molar-refractivity contribution in [2.24, 2.45) is 5.73 Å². The quantitative estimate of drug-likeness (QED) is 0.832. The van der Waals surface area contributed by atoms with Gasteiger partial charge < -0.3 is 10.8 Å². The molecule has 1 saturated carbocycles. The van der Waals surface area contributed by atoms with Gasteiger partial charge in [0.05, 0.1) is 12.1 Å². The molecule has 0 atom stereocenters. The molecule has 0 aliphatic heterocycles. The molecule has 21 heavy (non-hydrogen) atoms. The van der Waals surface area contributed by atoms with Gasteiger partial charge in [-0.25, -0.2) is 4.39 Å². The first-order valence-corrected chi connectivity index (χ1v) is 7.41. The molecule has 2 rings (SSSR count). The van der Waals surface area contributed by atoms with Crippen LogP contribution in [0.15, 0.2) is 18.2 Å². The number of halogens is 1. The fourth-order valence-electron chi connectivity index (χ4n) is 2.99. The van der Waals surface area contributed by atoms with Gasteiger partial charge in [-0.1, -0.05) is 30.7 Å². The molecule has 0 radical (unpaired) electrons. The molecule has 3 nitrogen and oxygen atoms in total. The highest BCUT2D eigenvalue weighted by Gasteiger charge is 2.32. The molecule has 0 amide bonds. The molecule has 1 fully saturated rings. The number of nitrogens with zero attached hydrogens (tertiary/aromatic N) is 1. The van der Waals surface area contributed by atoms with Crippen LogP contribution in [0, 0.1) is 17.7 Å². The zero-order valence-corrected chi connectivity index (χ0v) is 12.5. The van der Waals surface area contributed by atoms with Gasteiger partial charge >= 0.3 is 0 Å². The Morgan fingerprint density at radius 3 is 2.76 bits per heavy atom. The third-order valence-electron chi connectivity index (χ3n) is 3.94. The van der Waals surface area contributed by atoms with Gasteiger partial charge in [-0.2, -0.15) is 0 Å². The Bertz CT molecular complexity index is 541. The monoisotopic (exact) mass is 290 g/mol. The van der Waals surface area contributed by atoms with Crippen molar-refractivity contribution in [3.8, 4) is 11.8 Å². The molecule has 1 aromatic rings. The molecule has 1 aromatic carbocycles. The summed E-state index contributed by atoms with van der Waals surface area (Å²) in [7, 11) is 1.97. The highest BCUT2D eigenvalue weighted by molar-refractivity contribution is 5.41. The fourth-order valence-corrected chi connectivity index (χ4v) is 2.99. The molecular formula is C17H23FN2O. The Hall–Kier alpha value is -1.41. The first-order chi connectivity index (χ1) is 10.0. The Balaban J connectivity index is 2.07. The molecule has 0 heterocycles. The van der Waals surface area contributed by atoms with E-state index < -0.39 is 5.60 Å². The highest BCUT2D eigenvalue weighted by Crippen LogP contribution is 2.30. The molecule has 3 N–H and O–H groups in total. The van der Waals surface area contributed by atoms with Gasteiger partial charge in [0.2, 0.25) is 0 Å². The molecule has 0 spiro atoms. The average Bonchev–Trinajstić information content (AvgIpc) is 2.85. The van der Waals surface area contributed by atoms with Gasteiger partial charge in [0.25, 0.3) is 0 Å². The van der Waals surface area contributed by atoms with E-state index in [0.717, 1.165) is 31.2 Å². The van der Waals surface area contributed by atoms with Gasteiger partial charge in [-0.3, -0.25) is 4.90 Å². The lowest BCUT2D eigenvalue weighted by molar-refractivity contribution is 0.0145. The van der Waals surface area contributed by atoms with Gasteiger partial charge in [-0.15, -0.1) is 0 Å². The first kappa shape index (κ1) is 16.0. The Labute approximate surface area is 125 Å². The van der Waals surface area contributed by atoms with Crippen molar-refractivity contribution >= 4 is 0 Å². The van der Waals surface area contributed by atoms with E-state index >= 15 is 0 Å². The summed E-state index contributed by atoms with van der Waals surface area (Å²) in [5.74, 6) is 5.39. The number of benzene rings is 1. The van der Waals surface area contributed by atoms with E-state index in [0.29, 0.717) is 18.7 Å². The molecule has 0 unspecified atom stereocenters. The lowest BCUT2D eigenvalue weighted by Gasteiger charge is -2.28. The van der Waals surface area contributed by atoms with E-state index in [2.05, 4.69) is 16.7 Å². The molecule has 0 aromatic heterocycles. The van der Waals surface area contributed by atoms with E-state index in [4.69, 9.17) is 5.73 Å². The summed E-state index contributed by atoms with van der Waals surface area (Å²) < 4.78 is 13.3. The maximum atomic E-state index is 13.3. The van der Waals surface area contributed by atoms with Crippen LogP contribution in [0.4, 0.5) is 4.39 Å². The minimum atomic E-state index is -0.572. The second kappa shape index (κ2) is 7.04. The van der Waals surface area contributed by atoms with Crippen LogP contribution in [0.1, 0.15) is 36.8 Å². The van der Waals surface area contributed by atoms with Crippen molar-refractivity contribution in [3.63, 3.8) is 0 Å². The van der Waals surface area contributed by atoms with Gasteiger partial charge in [-0.05, 0) is 37.6 Å². The number of aliphatic hydroxyl groups is 1. The normalized spacial score (nSPS) is 16.8. The maximum Gasteiger partial charge on any atom is 0.124 e. The van der Waals surface area contributed by atoms with E-state index in [9.17, 15) is 9.50 Å². The second-order valence-corrected chi connectivity index (χ2v) is 5.91. The maximum absolute atomic E-state index is 13.3. The third kappa shape index (κ3) is 4.53. The minimum Gasteiger partial charge on any atom is -0.389 e. The molecule has 4 heteroatoms. The predicted molar refractivity (Wildman–Crippen MR) is 82.1 cm³/mol. The summed E-state index contributed by atoms with van der Waals surface area (Å²) in [5, 5.41) is 10.4. The van der Waals surface area contributed by atoms with Gasteiger partial charge in [0.15, 0.2) is 0 Å². The number of rotatable bonds is 4. The number of hydrogen-bond donors (Lipinski definition) is 2. The zero-order chi connectivity index (χ0) is 15.3. The van der Waals surface area contributed by atoms with E-state index in [-0.39, 0.29) is 12.4 Å². The summed E-state index contributed by atoms with van der Waals surface area (Å²) in [6.07, 6.45) is 3.91. The van der Waals surface area contributed by atoms with Crippen LogP contribution in [0.25, 0.3) is 0 Å². The van der Waals surface area contributed by atoms with E-state index in [1.165, 1.54) is 12.1 Å². The van der Waals surface area contributed by atoms with Crippen LogP contribution in [0.5, 0.6) is 0 Å². The summed E-state index contributed by atoms with van der Waals surface area (Å²) in [6.45, 7) is 1.52. The van der Waals surface area contributed by atoms with E-state index in [1.807, 2.05) is 7.05 Å². The van der Waals surface area contributed by atoms with Crippen LogP contribution in [0.2, 0.25) is 0 Å². The van der Waals surface area contributed by atoms with Crippen LogP contribution >= 0.6 is 0 Å². The lowest BCUT2D eigenvalue weighted by Crippen LogP contribution is -2.38. The molecular weight excluding hydrogens is 267 g/mol. The molecule has 114 valence electrons. The molecule has 1 aliphatic carbocycles. The van der Waals surface area contributed by atoms with Crippen LogP contribution in [-0.4, -0.2) is 35.7 Å². The van der Waals surface area contributed by atoms with E-state index in [1.54, 1.807) is 6.07 Å². The summed E-state index contributed by atoms with van der Waals surface area (Å²) in [5.41, 5.74) is 6.44. The standard InChI is InChI=1S/C17H23FN2O/c1-20(13-17(21)8-2-3-9-17)12-15-6-7-16(18)11-14(15)5-4-10-19/h6-7,11,21H,2-3,8-10,12-13,19H2,1H3. The second-order valence-electron chi connectivity index (χ2n) is 5.91. The molecule has 0 saturated heterocycles. The van der Waals surface area contributed by atoms with Crippen molar-refractivity contribution in [1.29, 1.82) is 0 Å². The molecule has 1 aliphatic rings. The largest absolute Gasteiger partial charge is 0.389 e. The summed E-state index contributed by atoms with van der Waals surface area (Å²) in [6, 6.07) is 4.64. The third-order valence-corrected chi connectivity index (χ3v) is 3.94. The summed E-state index contributed by atoms with van der Waals surface area (Å²) >= 11 is 0. The van der Waals surface area contributed by atoms with Crippen molar-refractivity contribution in [3.05, 3.63) is 35.1 Å². The first-order valence-electron chi connectivity index (χ1n) is 7.41. The number of hydrogen-bond acceptors (Lipinski definition) is 3. The van der Waals surface area contributed by atoms with Crippen molar-refractivity contribution in [1.82, 2.24) is 4.90 Å². The SMILES string of the molecule is CN(Cc1ccc(F)cc1C#CCN)CC1(O)CCCC1. The Morgan fingerprint density at radius 2 is 2.10 bits per heavy atom. The van der Waals surface area contributed by atoms with Crippen molar-refractivity contribution in [2.75, 3.05) is 20.1 Å². The topological polar surface area (TPSA) is 49.5 Å². The zero-order valence-electron chi connectivity index (χ0n) is 12.5. The average molecular weight is 290 g/mol. The smallest absolute Gasteiger partial charge is 0.124 e.